The highest BCUT2D eigenvalue weighted by Gasteiger charge is 1.99. The summed E-state index contributed by atoms with van der Waals surface area (Å²) in [5, 5.41) is 2.37. The van der Waals surface area contributed by atoms with Crippen molar-refractivity contribution in [3.05, 3.63) is 28.2 Å². The molecule has 2 rings (SSSR count). The monoisotopic (exact) mass is 153 g/mol. The third kappa shape index (κ3) is 0.657. The largest absolute Gasteiger partial charge is 0.434 e. The fourth-order valence-corrected chi connectivity index (χ4v) is 1.45. The Kier molecular flexibility index (Phi) is 1.07. The molecular formula is C6H3NO2S. The molecular weight excluding hydrogens is 150 g/mol. The molecule has 0 N–H and O–H groups in total. The van der Waals surface area contributed by atoms with E-state index in [9.17, 15) is 4.79 Å². The number of nitrogens with zero attached hydrogens (tertiary/aromatic N) is 1. The molecule has 0 aliphatic heterocycles. The maximum atomic E-state index is 10.9. The van der Waals surface area contributed by atoms with Gasteiger partial charge in [-0.1, -0.05) is 0 Å². The van der Waals surface area contributed by atoms with Crippen LogP contribution in [-0.4, -0.2) is 4.98 Å². The van der Waals surface area contributed by atoms with Gasteiger partial charge in [-0.15, -0.1) is 11.3 Å². The molecule has 50 valence electrons. The summed E-state index contributed by atoms with van der Waals surface area (Å²) in [6.07, 6.45) is 1.17. The van der Waals surface area contributed by atoms with Gasteiger partial charge in [0.2, 0.25) is 0 Å². The Balaban J connectivity index is 3.09. The number of aromatic nitrogens is 1. The summed E-state index contributed by atoms with van der Waals surface area (Å²) in [6, 6.07) is 1.71. The van der Waals surface area contributed by atoms with E-state index < -0.39 is 0 Å². The molecule has 0 aliphatic carbocycles. The van der Waals surface area contributed by atoms with Crippen LogP contribution in [0.5, 0.6) is 0 Å². The summed E-state index contributed by atoms with van der Waals surface area (Å²) < 4.78 is 4.94. The summed E-state index contributed by atoms with van der Waals surface area (Å²) in [5.74, 6) is 0. The summed E-state index contributed by atoms with van der Waals surface area (Å²) in [6.45, 7) is 0. The van der Waals surface area contributed by atoms with Crippen molar-refractivity contribution in [2.75, 3.05) is 0 Å². The first-order valence-corrected chi connectivity index (χ1v) is 3.57. The number of thiophene rings is 1. The highest BCUT2D eigenvalue weighted by atomic mass is 32.1. The van der Waals surface area contributed by atoms with Gasteiger partial charge in [0.15, 0.2) is 11.3 Å². The van der Waals surface area contributed by atoms with Crippen LogP contribution in [0.25, 0.3) is 10.3 Å². The van der Waals surface area contributed by atoms with Crippen molar-refractivity contribution in [1.82, 2.24) is 4.98 Å². The van der Waals surface area contributed by atoms with Gasteiger partial charge >= 0.3 is 0 Å². The Hall–Kier alpha value is -1.16. The average molecular weight is 153 g/mol. The molecule has 0 aromatic carbocycles. The second-order valence-electron chi connectivity index (χ2n) is 1.78. The molecule has 0 saturated carbocycles. The van der Waals surface area contributed by atoms with Gasteiger partial charge in [0, 0.05) is 0 Å². The predicted molar refractivity (Wildman–Crippen MR) is 38.2 cm³/mol. The van der Waals surface area contributed by atoms with E-state index in [2.05, 4.69) is 4.98 Å². The SMILES string of the molecule is O=c1ncoc2sccc12. The maximum Gasteiger partial charge on any atom is 0.284 e. The van der Waals surface area contributed by atoms with Crippen LogP contribution in [0.4, 0.5) is 0 Å². The fourth-order valence-electron chi connectivity index (χ4n) is 0.737. The van der Waals surface area contributed by atoms with Crippen molar-refractivity contribution in [3.8, 4) is 0 Å². The minimum Gasteiger partial charge on any atom is -0.434 e. The minimum atomic E-state index is -0.220. The van der Waals surface area contributed by atoms with Gasteiger partial charge in [0.05, 0.1) is 5.39 Å². The molecule has 0 bridgehead atoms. The second-order valence-corrected chi connectivity index (χ2v) is 2.66. The normalized spacial score (nSPS) is 10.4. The van der Waals surface area contributed by atoms with Crippen LogP contribution in [0.15, 0.2) is 27.1 Å². The topological polar surface area (TPSA) is 43.1 Å². The average Bonchev–Trinajstić information content (AvgIpc) is 2.36. The number of hydrogen-bond donors (Lipinski definition) is 0. The highest BCUT2D eigenvalue weighted by Crippen LogP contribution is 2.14. The summed E-state index contributed by atoms with van der Waals surface area (Å²) in [5.41, 5.74) is -0.220. The summed E-state index contributed by atoms with van der Waals surface area (Å²) in [4.78, 5) is 15.0. The van der Waals surface area contributed by atoms with Crippen LogP contribution in [0.3, 0.4) is 0 Å². The number of rotatable bonds is 0. The molecule has 2 aromatic heterocycles. The van der Waals surface area contributed by atoms with E-state index in [-0.39, 0.29) is 5.56 Å². The summed E-state index contributed by atoms with van der Waals surface area (Å²) >= 11 is 1.39. The molecule has 0 atom stereocenters. The summed E-state index contributed by atoms with van der Waals surface area (Å²) in [7, 11) is 0. The Morgan fingerprint density at radius 2 is 2.50 bits per heavy atom. The van der Waals surface area contributed by atoms with Crippen LogP contribution in [0, 0.1) is 0 Å². The van der Waals surface area contributed by atoms with Crippen molar-refractivity contribution in [2.45, 2.75) is 0 Å². The van der Waals surface area contributed by atoms with Gasteiger partial charge in [-0.2, -0.15) is 4.98 Å². The van der Waals surface area contributed by atoms with Gasteiger partial charge < -0.3 is 4.42 Å². The van der Waals surface area contributed by atoms with Crippen LogP contribution in [-0.2, 0) is 0 Å². The van der Waals surface area contributed by atoms with E-state index in [0.717, 1.165) is 0 Å². The lowest BCUT2D eigenvalue weighted by Gasteiger charge is -1.81. The van der Waals surface area contributed by atoms with Crippen LogP contribution < -0.4 is 5.56 Å². The van der Waals surface area contributed by atoms with Crippen LogP contribution >= 0.6 is 11.3 Å². The third-order valence-electron chi connectivity index (χ3n) is 1.19. The van der Waals surface area contributed by atoms with Crippen LogP contribution in [0.1, 0.15) is 0 Å². The minimum absolute atomic E-state index is 0.220. The molecule has 0 saturated heterocycles. The van der Waals surface area contributed by atoms with Gasteiger partial charge in [0.25, 0.3) is 5.56 Å². The maximum absolute atomic E-state index is 10.9. The Morgan fingerprint density at radius 1 is 1.60 bits per heavy atom. The van der Waals surface area contributed by atoms with Crippen LogP contribution in [0.2, 0.25) is 0 Å². The lowest BCUT2D eigenvalue weighted by Crippen LogP contribution is -2.01. The van der Waals surface area contributed by atoms with Crippen molar-refractivity contribution >= 4 is 21.6 Å². The van der Waals surface area contributed by atoms with Gasteiger partial charge in [-0.05, 0) is 11.4 Å². The molecule has 4 heteroatoms. The quantitative estimate of drug-likeness (QED) is 0.572. The first-order valence-electron chi connectivity index (χ1n) is 2.69. The Labute approximate surface area is 59.9 Å². The zero-order valence-corrected chi connectivity index (χ0v) is 5.72. The molecule has 2 aromatic rings. The second kappa shape index (κ2) is 1.91. The lowest BCUT2D eigenvalue weighted by atomic mass is 10.4. The number of hydrogen-bond acceptors (Lipinski definition) is 4. The van der Waals surface area contributed by atoms with E-state index in [0.29, 0.717) is 10.3 Å². The molecule has 2 heterocycles. The van der Waals surface area contributed by atoms with Gasteiger partial charge in [0.1, 0.15) is 0 Å². The van der Waals surface area contributed by atoms with Crippen molar-refractivity contribution in [1.29, 1.82) is 0 Å². The molecule has 0 aliphatic rings. The standard InChI is InChI=1S/C6H3NO2S/c8-5-4-1-2-10-6(4)9-3-7-5/h1-3H. The van der Waals surface area contributed by atoms with E-state index in [4.69, 9.17) is 4.42 Å². The molecule has 3 nitrogen and oxygen atoms in total. The first-order chi connectivity index (χ1) is 4.88. The molecule has 0 fully saturated rings. The van der Waals surface area contributed by atoms with Gasteiger partial charge in [-0.25, -0.2) is 0 Å². The third-order valence-corrected chi connectivity index (χ3v) is 1.99. The zero-order chi connectivity index (χ0) is 6.97. The van der Waals surface area contributed by atoms with E-state index >= 15 is 0 Å². The highest BCUT2D eigenvalue weighted by molar-refractivity contribution is 7.16. The molecule has 10 heavy (non-hydrogen) atoms. The lowest BCUT2D eigenvalue weighted by molar-refractivity contribution is 0.584. The fraction of sp³-hybridized carbons (Fsp3) is 0. The Morgan fingerprint density at radius 3 is 3.30 bits per heavy atom. The van der Waals surface area contributed by atoms with Crippen molar-refractivity contribution < 1.29 is 4.42 Å². The predicted octanol–water partition coefficient (Wildman–Crippen LogP) is 1.25. The van der Waals surface area contributed by atoms with E-state index in [1.165, 1.54) is 17.7 Å². The first kappa shape index (κ1) is 5.61. The van der Waals surface area contributed by atoms with Crippen molar-refractivity contribution in [2.24, 2.45) is 0 Å². The van der Waals surface area contributed by atoms with E-state index in [1.807, 2.05) is 0 Å². The number of fused-ring (bicyclic) bond motifs is 1. The molecule has 0 unspecified atom stereocenters. The smallest absolute Gasteiger partial charge is 0.284 e. The zero-order valence-electron chi connectivity index (χ0n) is 4.90. The van der Waals surface area contributed by atoms with Gasteiger partial charge in [-0.3, -0.25) is 4.79 Å². The molecule has 0 radical (unpaired) electrons. The van der Waals surface area contributed by atoms with E-state index in [1.54, 1.807) is 11.4 Å². The molecule has 0 spiro atoms. The molecule has 0 amide bonds. The van der Waals surface area contributed by atoms with Crippen molar-refractivity contribution in [3.63, 3.8) is 0 Å². The Bertz CT molecular complexity index is 403.